The fourth-order valence-electron chi connectivity index (χ4n) is 10.1. The third kappa shape index (κ3) is 54.1. The zero-order valence-corrected chi connectivity index (χ0v) is 88.1. The van der Waals surface area contributed by atoms with E-state index in [0.29, 0.717) is 52.6 Å². The van der Waals surface area contributed by atoms with Crippen molar-refractivity contribution in [3.05, 3.63) is 219 Å². The minimum atomic E-state index is -1.46. The van der Waals surface area contributed by atoms with E-state index >= 15 is 0 Å². The molecule has 1 amide bonds. The number of hydrogen-bond acceptors (Lipinski definition) is 16. The molecule has 3 fully saturated rings. The van der Waals surface area contributed by atoms with Crippen LogP contribution < -0.4 is 25.5 Å². The molecule has 0 spiro atoms. The molecule has 1 aromatic heterocycles. The molecule has 0 bridgehead atoms. The van der Waals surface area contributed by atoms with Crippen molar-refractivity contribution in [3.8, 4) is 17.8 Å². The Labute approximate surface area is 814 Å². The topological polar surface area (TPSA) is 374 Å². The van der Waals surface area contributed by atoms with Crippen LogP contribution in [0.15, 0.2) is 144 Å². The van der Waals surface area contributed by atoms with E-state index in [1.807, 2.05) is 104 Å². The molecule has 32 heteroatoms. The van der Waals surface area contributed by atoms with Gasteiger partial charge >= 0.3 is 35.1 Å². The van der Waals surface area contributed by atoms with E-state index in [-0.39, 0.29) is 127 Å². The van der Waals surface area contributed by atoms with Crippen molar-refractivity contribution in [2.75, 3.05) is 17.3 Å². The van der Waals surface area contributed by atoms with Gasteiger partial charge in [-0.15, -0.1) is 23.0 Å². The molecule has 10 rings (SSSR count). The first kappa shape index (κ1) is 125. The van der Waals surface area contributed by atoms with E-state index in [4.69, 9.17) is 47.9 Å². The number of nitrogens with one attached hydrogen (secondary N) is 2. The number of ether oxygens (including phenoxy) is 1. The van der Waals surface area contributed by atoms with Gasteiger partial charge in [0.2, 0.25) is 0 Å². The number of nitrogen functional groups attached to an aromatic ring is 1. The van der Waals surface area contributed by atoms with Crippen LogP contribution in [-0.2, 0) is 71.5 Å². The van der Waals surface area contributed by atoms with Crippen LogP contribution in [0, 0.1) is 71.6 Å². The summed E-state index contributed by atoms with van der Waals surface area (Å²) in [6, 6.07) is 46.9. The van der Waals surface area contributed by atoms with E-state index < -0.39 is 75.0 Å². The van der Waals surface area contributed by atoms with E-state index in [0.717, 1.165) is 71.0 Å². The van der Waals surface area contributed by atoms with E-state index in [2.05, 4.69) is 62.2 Å². The Bertz CT molecular complexity index is 4670. The molecule has 128 heavy (non-hydrogen) atoms. The van der Waals surface area contributed by atoms with Crippen molar-refractivity contribution in [3.63, 3.8) is 0 Å². The number of rotatable bonds is 22. The quantitative estimate of drug-likeness (QED) is 0.0100. The molecule has 0 aliphatic heterocycles. The van der Waals surface area contributed by atoms with Crippen LogP contribution in [0.2, 0.25) is 19.6 Å². The minimum absolute atomic E-state index is 0. The molecule has 704 valence electrons. The average molecular weight is 1960 g/mol. The van der Waals surface area contributed by atoms with Crippen LogP contribution in [0.25, 0.3) is 10.5 Å². The monoisotopic (exact) mass is 1960 g/mol. The Morgan fingerprint density at radius 1 is 0.688 bits per heavy atom. The number of hydrogen-bond donors (Lipinski definition) is 9. The fourth-order valence-corrected chi connectivity index (χ4v) is 12.7. The number of carbonyl (C=O) groups excluding carboxylic acids is 2. The maximum atomic E-state index is 13.9. The maximum Gasteiger partial charge on any atom is 2.00 e. The molecule has 1 heterocycles. The Morgan fingerprint density at radius 2 is 1.14 bits per heavy atom. The van der Waals surface area contributed by atoms with Gasteiger partial charge < -0.3 is 47.3 Å². The Hall–Kier alpha value is -7.07. The number of nitrogens with two attached hydrogens (primary N) is 2. The van der Waals surface area contributed by atoms with Gasteiger partial charge in [-0.05, 0) is 285 Å². The molecule has 3 aliphatic rings. The van der Waals surface area contributed by atoms with Gasteiger partial charge in [0.05, 0.1) is 94.4 Å². The number of nitriles is 2. The number of nitrogens with zero attached hydrogens (tertiary/aromatic N) is 7. The SMILES string of the molecule is Br.CC(C)(C)S(=O)N=C(CCC1CC1)c1ccc(C#N)cc1.CC(C)(C)[S@@](N)=O.CC(C)(C)[S@](=O)NC(CCC1CC1)(c1ccc(C#N)cc1)c1ccc(F)c(N)c1.CC(C)O.CC(C)O.CC(C)O.CC(C)O.CN(c1c[c-]ccc1F)[Si](C)(C)C.Cc1cc(C(=O)O)n(-c2cccc(CNC(=O)OC(C)(C)C)c2)n1.[C-]#[N+]c1ccc(C(=O)CCC2CC2)cc1.[H-].[Mg+2].[Ti]. The summed E-state index contributed by atoms with van der Waals surface area (Å²) in [5.41, 5.74) is 13.5. The second-order valence-corrected chi connectivity index (χ2v) is 47.4. The molecule has 0 saturated heterocycles. The van der Waals surface area contributed by atoms with E-state index in [1.165, 1.54) is 61.4 Å². The van der Waals surface area contributed by atoms with Crippen molar-refractivity contribution in [1.82, 2.24) is 19.8 Å². The number of aryl methyl sites for hydroxylation is 1. The largest absolute Gasteiger partial charge is 2.00 e. The standard InChI is InChI=1S/C23H28FN3OS.C17H21N3O4.C17H22N2OS.C13H13NO.C10H15FNSi.C4H11NOS.4C3H8O.BrH.Mg.Ti.H/c1-22(2,3)29(28)27-23(13-12-16-4-5-16,18-8-6-17(15-25)7-9-18)19-10-11-20(24)21(26)14-19;1-11-8-14(15(21)22)20(19-11)13-7-5-6-12(9-13)10-18-16(23)24-17(2,3)4;1-17(2,3)21(20)19-16(11-8-13-4-5-13)15-9-6-14(12-18)7-10-15;1-14-12-7-5-11(6-8-12)13(15)9-4-10-2-3-10;1-12(13(2,3)4)10-8-6-5-7-9(10)11;1-4(2,3)7(5)6;4*1-3(2)4;;;;/h6-11,14,16,27H,4-5,12-13,26H2,1-3H3;5-9H,10H2,1-4H3,(H,18,23)(H,21,22);6-7,9-10,13H,4-5,8,11H2,1-3H3;5-8,10H,2-4,9H2;5,7-8H,1-4H3;5H2,1-3H3;4*3-4H,1-2H3;1H;;;/q;;;;-1;;;;;;;+2;;-1/t23?,29-;;;;;7-;;;;;;;;/m0....0......../s1. The van der Waals surface area contributed by atoms with Crippen molar-refractivity contribution in [2.45, 2.75) is 298 Å². The van der Waals surface area contributed by atoms with Crippen LogP contribution in [0.3, 0.4) is 0 Å². The van der Waals surface area contributed by atoms with E-state index in [9.17, 15) is 46.2 Å². The zero-order chi connectivity index (χ0) is 95.7. The van der Waals surface area contributed by atoms with Crippen LogP contribution >= 0.6 is 17.0 Å². The fraction of sp³-hybridized carbons (Fsp3) is 0.521. The molecule has 3 saturated carbocycles. The van der Waals surface area contributed by atoms with Gasteiger partial charge in [0, 0.05) is 70.5 Å². The number of anilines is 2. The number of aliphatic hydroxyl groups is 4. The number of carbonyl (C=O) groups is 3. The van der Waals surface area contributed by atoms with Gasteiger partial charge in [-0.25, -0.2) is 45.2 Å². The molecule has 11 N–H and O–H groups in total. The predicted molar refractivity (Wildman–Crippen MR) is 526 cm³/mol. The van der Waals surface area contributed by atoms with Gasteiger partial charge in [-0.2, -0.15) is 38.2 Å². The summed E-state index contributed by atoms with van der Waals surface area (Å²) in [5.74, 6) is 0.806. The number of amides is 1. The molecule has 23 nitrogen and oxygen atoms in total. The molecular weight excluding hydrogens is 1810 g/mol. The normalized spacial score (nSPS) is 13.8. The summed E-state index contributed by atoms with van der Waals surface area (Å²) in [4.78, 5) is 38.0. The van der Waals surface area contributed by atoms with Crippen molar-refractivity contribution >= 4 is 122 Å². The van der Waals surface area contributed by atoms with Gasteiger partial charge in [0.1, 0.15) is 30.6 Å². The molecule has 2 unspecified atom stereocenters. The summed E-state index contributed by atoms with van der Waals surface area (Å²) in [6.07, 6.45) is 11.8. The smallest absolute Gasteiger partial charge is 1.00 e. The Kier molecular flexibility index (Phi) is 59.5. The second kappa shape index (κ2) is 60.9. The molecular formula is C96H144BrF2MgN11O12S3SiTi. The Morgan fingerprint density at radius 3 is 1.55 bits per heavy atom. The van der Waals surface area contributed by atoms with Crippen LogP contribution in [0.4, 0.5) is 30.6 Å². The summed E-state index contributed by atoms with van der Waals surface area (Å²) >= 11 is 0. The van der Waals surface area contributed by atoms with Crippen LogP contribution in [0.5, 0.6) is 0 Å². The second-order valence-electron chi connectivity index (χ2n) is 36.7. The number of Topliss-reactive ketones (excluding diaryl/α,β-unsaturated/α-hetero) is 1. The summed E-state index contributed by atoms with van der Waals surface area (Å²) in [7, 11) is -3.32. The Balaban J connectivity index is -0.000000718. The molecule has 7 aromatic rings. The van der Waals surface area contributed by atoms with Gasteiger partial charge in [0.25, 0.3) is 0 Å². The number of carboxylic acids is 1. The van der Waals surface area contributed by atoms with E-state index in [1.54, 1.807) is 174 Å². The number of alkyl carbamates (subject to hydrolysis) is 1. The van der Waals surface area contributed by atoms with Gasteiger partial charge in [-0.3, -0.25) is 9.93 Å². The number of aromatic nitrogens is 2. The van der Waals surface area contributed by atoms with Crippen molar-refractivity contribution in [1.29, 1.82) is 10.5 Å². The summed E-state index contributed by atoms with van der Waals surface area (Å²) < 4.78 is 78.5. The number of carboxylic acid groups (broad SMARTS) is 1. The number of benzene rings is 6. The van der Waals surface area contributed by atoms with Crippen LogP contribution in [0.1, 0.15) is 277 Å². The first-order valence-electron chi connectivity index (χ1n) is 42.2. The molecule has 0 radical (unpaired) electrons. The first-order chi connectivity index (χ1) is 57.8. The first-order valence-corrected chi connectivity index (χ1v) is 49.1. The maximum absolute atomic E-state index is 13.9. The third-order valence-corrected chi connectivity index (χ3v) is 24.1. The molecule has 3 aliphatic carbocycles. The van der Waals surface area contributed by atoms with Gasteiger partial charge in [-0.1, -0.05) is 125 Å². The number of aromatic carboxylic acids is 1. The predicted octanol–water partition coefficient (Wildman–Crippen LogP) is 20.4. The summed E-state index contributed by atoms with van der Waals surface area (Å²) in [6.45, 7) is 51.6. The van der Waals surface area contributed by atoms with Crippen LogP contribution in [-0.4, -0.2) is 154 Å². The average Bonchev–Trinajstić information content (AvgIpc) is 1.30. The number of aliphatic hydroxyl groups excluding tert-OH is 4. The van der Waals surface area contributed by atoms with Crippen molar-refractivity contribution < 1.29 is 89.2 Å². The third-order valence-electron chi connectivity index (χ3n) is 17.6. The number of ketones is 1. The number of halogens is 3. The minimum Gasteiger partial charge on any atom is -1.00 e. The van der Waals surface area contributed by atoms with Crippen molar-refractivity contribution in [2.24, 2.45) is 27.3 Å². The zero-order valence-electron chi connectivity index (χ0n) is 81.0. The van der Waals surface area contributed by atoms with Gasteiger partial charge in [0.15, 0.2) is 17.2 Å². The molecule has 4 atom stereocenters. The summed E-state index contributed by atoms with van der Waals surface area (Å²) in [5, 5.41) is 71.5. The molecule has 6 aromatic carbocycles.